The van der Waals surface area contributed by atoms with Crippen molar-refractivity contribution in [2.45, 2.75) is 96.2 Å². The van der Waals surface area contributed by atoms with Crippen molar-refractivity contribution >= 4 is 11.8 Å². The van der Waals surface area contributed by atoms with E-state index in [1.807, 2.05) is 4.90 Å². The summed E-state index contributed by atoms with van der Waals surface area (Å²) in [4.78, 5) is 29.0. The SMILES string of the molecule is CCN(CCCC1CCN(C(=O)CC[C@H]2CCCO2)CC1)C(=O)CC[C@@H]1CCCO1. The Morgan fingerprint density at radius 2 is 1.53 bits per heavy atom. The first-order chi connectivity index (χ1) is 14.7. The lowest BCUT2D eigenvalue weighted by Gasteiger charge is -2.32. The lowest BCUT2D eigenvalue weighted by molar-refractivity contribution is -0.133. The zero-order valence-electron chi connectivity index (χ0n) is 19.0. The molecule has 0 radical (unpaired) electrons. The molecule has 0 aliphatic carbocycles. The van der Waals surface area contributed by atoms with Crippen molar-refractivity contribution in [2.75, 3.05) is 39.4 Å². The molecule has 0 N–H and O–H groups in total. The largest absolute Gasteiger partial charge is 0.378 e. The van der Waals surface area contributed by atoms with Gasteiger partial charge in [0.25, 0.3) is 0 Å². The summed E-state index contributed by atoms with van der Waals surface area (Å²) in [5.74, 6) is 1.27. The van der Waals surface area contributed by atoms with Gasteiger partial charge in [-0.3, -0.25) is 9.59 Å². The van der Waals surface area contributed by atoms with Crippen LogP contribution in [0.3, 0.4) is 0 Å². The summed E-state index contributed by atoms with van der Waals surface area (Å²) in [6.07, 6.45) is 12.5. The molecule has 0 saturated carbocycles. The molecule has 0 aromatic rings. The topological polar surface area (TPSA) is 59.1 Å². The average molecular weight is 423 g/mol. The molecule has 3 aliphatic heterocycles. The molecule has 0 spiro atoms. The normalized spacial score (nSPS) is 25.0. The van der Waals surface area contributed by atoms with Crippen molar-refractivity contribution in [1.82, 2.24) is 9.80 Å². The minimum Gasteiger partial charge on any atom is -0.378 e. The maximum atomic E-state index is 12.5. The fourth-order valence-corrected chi connectivity index (χ4v) is 5.13. The van der Waals surface area contributed by atoms with E-state index in [1.54, 1.807) is 0 Å². The van der Waals surface area contributed by atoms with Crippen LogP contribution < -0.4 is 0 Å². The van der Waals surface area contributed by atoms with Crippen LogP contribution in [0.2, 0.25) is 0 Å². The third kappa shape index (κ3) is 7.52. The fraction of sp³-hybridized carbons (Fsp3) is 0.917. The van der Waals surface area contributed by atoms with E-state index in [1.165, 1.54) is 0 Å². The monoisotopic (exact) mass is 422 g/mol. The van der Waals surface area contributed by atoms with Gasteiger partial charge >= 0.3 is 0 Å². The molecule has 0 aromatic heterocycles. The molecule has 3 fully saturated rings. The van der Waals surface area contributed by atoms with Crippen molar-refractivity contribution < 1.29 is 19.1 Å². The first-order valence-electron chi connectivity index (χ1n) is 12.4. The maximum absolute atomic E-state index is 12.5. The number of amides is 2. The van der Waals surface area contributed by atoms with Gasteiger partial charge in [0.1, 0.15) is 0 Å². The van der Waals surface area contributed by atoms with Gasteiger partial charge in [-0.2, -0.15) is 0 Å². The number of carbonyl (C=O) groups excluding carboxylic acids is 2. The summed E-state index contributed by atoms with van der Waals surface area (Å²) in [6, 6.07) is 0. The number of nitrogens with zero attached hydrogens (tertiary/aromatic N) is 2. The summed E-state index contributed by atoms with van der Waals surface area (Å²) in [5.41, 5.74) is 0. The van der Waals surface area contributed by atoms with E-state index in [0.717, 1.165) is 104 Å². The zero-order valence-corrected chi connectivity index (χ0v) is 19.0. The van der Waals surface area contributed by atoms with Crippen molar-refractivity contribution in [3.8, 4) is 0 Å². The van der Waals surface area contributed by atoms with Crippen LogP contribution in [0.1, 0.15) is 84.0 Å². The molecular formula is C24H42N2O4. The molecule has 6 nitrogen and oxygen atoms in total. The molecule has 3 saturated heterocycles. The second kappa shape index (κ2) is 12.7. The molecule has 0 unspecified atom stereocenters. The highest BCUT2D eigenvalue weighted by molar-refractivity contribution is 5.76. The van der Waals surface area contributed by atoms with Crippen LogP contribution >= 0.6 is 0 Å². The Morgan fingerprint density at radius 1 is 0.900 bits per heavy atom. The first kappa shape index (κ1) is 23.5. The van der Waals surface area contributed by atoms with E-state index in [4.69, 9.17) is 9.47 Å². The van der Waals surface area contributed by atoms with Crippen molar-refractivity contribution in [1.29, 1.82) is 0 Å². The minimum absolute atomic E-state index is 0.277. The summed E-state index contributed by atoms with van der Waals surface area (Å²) in [6.45, 7) is 7.24. The second-order valence-corrected chi connectivity index (χ2v) is 9.29. The van der Waals surface area contributed by atoms with Gasteiger partial charge in [0, 0.05) is 52.2 Å². The highest BCUT2D eigenvalue weighted by atomic mass is 16.5. The number of hydrogen-bond donors (Lipinski definition) is 0. The standard InChI is InChI=1S/C24H42N2O4/c1-2-25(23(27)11-9-21-7-4-18-29-21)15-3-6-20-13-16-26(17-14-20)24(28)12-10-22-8-5-19-30-22/h20-22H,2-19H2,1H3/t21-,22+/m0/s1. The lowest BCUT2D eigenvalue weighted by atomic mass is 9.92. The third-order valence-corrected chi connectivity index (χ3v) is 7.15. The number of piperidine rings is 1. The number of ether oxygens (including phenoxy) is 2. The predicted molar refractivity (Wildman–Crippen MR) is 117 cm³/mol. The third-order valence-electron chi connectivity index (χ3n) is 7.15. The second-order valence-electron chi connectivity index (χ2n) is 9.29. The van der Waals surface area contributed by atoms with Crippen LogP contribution in [0.15, 0.2) is 0 Å². The van der Waals surface area contributed by atoms with Crippen LogP contribution in [0.5, 0.6) is 0 Å². The van der Waals surface area contributed by atoms with Crippen LogP contribution in [0.25, 0.3) is 0 Å². The Hall–Kier alpha value is -1.14. The van der Waals surface area contributed by atoms with Gasteiger partial charge in [0.2, 0.25) is 11.8 Å². The van der Waals surface area contributed by atoms with Crippen molar-refractivity contribution in [2.24, 2.45) is 5.92 Å². The average Bonchev–Trinajstić information content (AvgIpc) is 3.48. The Bertz CT molecular complexity index is 521. The number of hydrogen-bond acceptors (Lipinski definition) is 4. The molecule has 3 rings (SSSR count). The van der Waals surface area contributed by atoms with Crippen LogP contribution in [0.4, 0.5) is 0 Å². The maximum Gasteiger partial charge on any atom is 0.222 e. The Kier molecular flexibility index (Phi) is 9.92. The van der Waals surface area contributed by atoms with E-state index < -0.39 is 0 Å². The Morgan fingerprint density at radius 3 is 2.10 bits per heavy atom. The van der Waals surface area contributed by atoms with E-state index in [2.05, 4.69) is 11.8 Å². The molecule has 0 aromatic carbocycles. The molecule has 0 bridgehead atoms. The molecule has 2 amide bonds. The van der Waals surface area contributed by atoms with E-state index >= 15 is 0 Å². The predicted octanol–water partition coefficient (Wildman–Crippen LogP) is 3.77. The van der Waals surface area contributed by atoms with Gasteiger partial charge < -0.3 is 19.3 Å². The zero-order chi connectivity index (χ0) is 21.2. The molecule has 3 aliphatic rings. The van der Waals surface area contributed by atoms with Gasteiger partial charge in [-0.05, 0) is 77.0 Å². The van der Waals surface area contributed by atoms with Gasteiger partial charge in [-0.15, -0.1) is 0 Å². The lowest BCUT2D eigenvalue weighted by Crippen LogP contribution is -2.39. The van der Waals surface area contributed by atoms with Gasteiger partial charge in [0.05, 0.1) is 12.2 Å². The highest BCUT2D eigenvalue weighted by Crippen LogP contribution is 2.24. The molecule has 30 heavy (non-hydrogen) atoms. The summed E-state index contributed by atoms with van der Waals surface area (Å²) in [7, 11) is 0. The number of rotatable bonds is 11. The number of carbonyl (C=O) groups is 2. The molecule has 3 heterocycles. The van der Waals surface area contributed by atoms with Crippen LogP contribution in [-0.2, 0) is 19.1 Å². The minimum atomic E-state index is 0.277. The van der Waals surface area contributed by atoms with E-state index in [0.29, 0.717) is 36.9 Å². The fourth-order valence-electron chi connectivity index (χ4n) is 5.13. The Balaban J connectivity index is 1.26. The molecule has 172 valence electrons. The van der Waals surface area contributed by atoms with Gasteiger partial charge in [-0.1, -0.05) is 0 Å². The van der Waals surface area contributed by atoms with E-state index in [9.17, 15) is 9.59 Å². The number of likely N-dealkylation sites (tertiary alicyclic amines) is 1. The van der Waals surface area contributed by atoms with E-state index in [-0.39, 0.29) is 5.91 Å². The Labute approximate surface area is 182 Å². The quantitative estimate of drug-likeness (QED) is 0.509. The summed E-state index contributed by atoms with van der Waals surface area (Å²) < 4.78 is 11.3. The van der Waals surface area contributed by atoms with Gasteiger partial charge in [0.15, 0.2) is 0 Å². The summed E-state index contributed by atoms with van der Waals surface area (Å²) >= 11 is 0. The van der Waals surface area contributed by atoms with Crippen molar-refractivity contribution in [3.05, 3.63) is 0 Å². The smallest absolute Gasteiger partial charge is 0.222 e. The van der Waals surface area contributed by atoms with Crippen LogP contribution in [0, 0.1) is 5.92 Å². The molecular weight excluding hydrogens is 380 g/mol. The molecule has 2 atom stereocenters. The van der Waals surface area contributed by atoms with Crippen molar-refractivity contribution in [3.63, 3.8) is 0 Å². The van der Waals surface area contributed by atoms with Crippen LogP contribution in [-0.4, -0.2) is 73.2 Å². The highest BCUT2D eigenvalue weighted by Gasteiger charge is 2.25. The molecule has 6 heteroatoms. The summed E-state index contributed by atoms with van der Waals surface area (Å²) in [5, 5.41) is 0. The first-order valence-corrected chi connectivity index (χ1v) is 12.4. The van der Waals surface area contributed by atoms with Gasteiger partial charge in [-0.25, -0.2) is 0 Å².